The van der Waals surface area contributed by atoms with Crippen molar-refractivity contribution in [3.05, 3.63) is 29.8 Å². The molecular formula is C15H24N2O3S. The molecule has 5 nitrogen and oxygen atoms in total. The van der Waals surface area contributed by atoms with Crippen molar-refractivity contribution in [1.29, 1.82) is 0 Å². The largest absolute Gasteiger partial charge is 0.497 e. The van der Waals surface area contributed by atoms with Gasteiger partial charge in [-0.3, -0.25) is 0 Å². The summed E-state index contributed by atoms with van der Waals surface area (Å²) in [5.74, 6) is 1.57. The first-order valence-corrected chi connectivity index (χ1v) is 8.82. The van der Waals surface area contributed by atoms with Crippen LogP contribution in [-0.2, 0) is 10.0 Å². The van der Waals surface area contributed by atoms with Crippen LogP contribution in [0.25, 0.3) is 0 Å². The van der Waals surface area contributed by atoms with E-state index in [0.29, 0.717) is 12.5 Å². The first kappa shape index (κ1) is 16.3. The minimum Gasteiger partial charge on any atom is -0.497 e. The summed E-state index contributed by atoms with van der Waals surface area (Å²) < 4.78 is 30.0. The smallest absolute Gasteiger partial charge is 0.214 e. The third kappa shape index (κ3) is 4.43. The third-order valence-corrected chi connectivity index (χ3v) is 5.68. The lowest BCUT2D eigenvalue weighted by molar-refractivity contribution is 0.414. The molecule has 118 valence electrons. The van der Waals surface area contributed by atoms with E-state index in [-0.39, 0.29) is 11.8 Å². The quantitative estimate of drug-likeness (QED) is 0.792. The van der Waals surface area contributed by atoms with Gasteiger partial charge in [-0.05, 0) is 36.5 Å². The minimum absolute atomic E-state index is 0.124. The third-order valence-electron chi connectivity index (χ3n) is 3.85. The lowest BCUT2D eigenvalue weighted by atomic mass is 10.0. The standard InChI is InChI=1S/C15H24N2O3S/c1-17(2)21(18,19)11-10-16-15(12-4-5-12)13-6-8-14(20-3)9-7-13/h6-9,12,15-16H,4-5,10-11H2,1-3H3. The van der Waals surface area contributed by atoms with Crippen molar-refractivity contribution in [3.8, 4) is 5.75 Å². The van der Waals surface area contributed by atoms with Gasteiger partial charge in [0.25, 0.3) is 0 Å². The van der Waals surface area contributed by atoms with Crippen LogP contribution in [0.2, 0.25) is 0 Å². The van der Waals surface area contributed by atoms with Crippen LogP contribution in [0.4, 0.5) is 0 Å². The summed E-state index contributed by atoms with van der Waals surface area (Å²) in [6.07, 6.45) is 2.40. The average Bonchev–Trinajstić information content (AvgIpc) is 3.28. The number of benzene rings is 1. The topological polar surface area (TPSA) is 58.6 Å². The number of hydrogen-bond acceptors (Lipinski definition) is 4. The predicted molar refractivity (Wildman–Crippen MR) is 83.9 cm³/mol. The highest BCUT2D eigenvalue weighted by Crippen LogP contribution is 2.41. The zero-order valence-electron chi connectivity index (χ0n) is 12.9. The average molecular weight is 312 g/mol. The van der Waals surface area contributed by atoms with E-state index in [1.807, 2.05) is 12.1 Å². The molecule has 1 saturated carbocycles. The van der Waals surface area contributed by atoms with Crippen LogP contribution in [0.3, 0.4) is 0 Å². The van der Waals surface area contributed by atoms with Crippen molar-refractivity contribution in [3.63, 3.8) is 0 Å². The fourth-order valence-electron chi connectivity index (χ4n) is 2.32. The molecule has 1 aliphatic rings. The second-order valence-electron chi connectivity index (χ2n) is 5.64. The van der Waals surface area contributed by atoms with E-state index in [1.54, 1.807) is 21.2 Å². The van der Waals surface area contributed by atoms with E-state index >= 15 is 0 Å². The molecule has 0 amide bonds. The van der Waals surface area contributed by atoms with Gasteiger partial charge in [0.05, 0.1) is 12.9 Å². The molecule has 1 aromatic rings. The molecule has 0 aliphatic heterocycles. The van der Waals surface area contributed by atoms with Crippen LogP contribution in [-0.4, -0.2) is 46.2 Å². The fourth-order valence-corrected chi connectivity index (χ4v) is 3.06. The Hall–Kier alpha value is -1.11. The molecule has 0 saturated heterocycles. The molecule has 1 aliphatic carbocycles. The van der Waals surface area contributed by atoms with Gasteiger partial charge in [0.2, 0.25) is 10.0 Å². The summed E-state index contributed by atoms with van der Waals surface area (Å²) in [6.45, 7) is 0.466. The van der Waals surface area contributed by atoms with Crippen molar-refractivity contribution >= 4 is 10.0 Å². The Morgan fingerprint density at radius 1 is 1.29 bits per heavy atom. The van der Waals surface area contributed by atoms with Gasteiger partial charge in [-0.2, -0.15) is 0 Å². The van der Waals surface area contributed by atoms with Gasteiger partial charge in [0.1, 0.15) is 5.75 Å². The van der Waals surface area contributed by atoms with Gasteiger partial charge in [-0.1, -0.05) is 12.1 Å². The Morgan fingerprint density at radius 3 is 2.38 bits per heavy atom. The van der Waals surface area contributed by atoms with Crippen molar-refractivity contribution in [1.82, 2.24) is 9.62 Å². The Bertz CT molecular complexity index is 551. The van der Waals surface area contributed by atoms with Crippen LogP contribution in [0, 0.1) is 5.92 Å². The van der Waals surface area contributed by atoms with Crippen molar-refractivity contribution in [2.24, 2.45) is 5.92 Å². The van der Waals surface area contributed by atoms with Gasteiger partial charge in [-0.25, -0.2) is 12.7 Å². The maximum Gasteiger partial charge on any atom is 0.214 e. The van der Waals surface area contributed by atoms with Gasteiger partial charge < -0.3 is 10.1 Å². The van der Waals surface area contributed by atoms with E-state index in [2.05, 4.69) is 17.4 Å². The number of sulfonamides is 1. The number of nitrogens with zero attached hydrogens (tertiary/aromatic N) is 1. The summed E-state index contributed by atoms with van der Waals surface area (Å²) in [6, 6.07) is 8.23. The second kappa shape index (κ2) is 6.77. The van der Waals surface area contributed by atoms with Gasteiger partial charge >= 0.3 is 0 Å². The van der Waals surface area contributed by atoms with E-state index < -0.39 is 10.0 Å². The molecule has 2 rings (SSSR count). The maximum atomic E-state index is 11.8. The number of methoxy groups -OCH3 is 1. The zero-order valence-corrected chi connectivity index (χ0v) is 13.7. The normalized spacial score (nSPS) is 17.0. The molecule has 0 spiro atoms. The molecule has 0 bridgehead atoms. The zero-order chi connectivity index (χ0) is 15.5. The summed E-state index contributed by atoms with van der Waals surface area (Å²) in [7, 11) is 1.64. The van der Waals surface area contributed by atoms with Crippen LogP contribution in [0.1, 0.15) is 24.4 Å². The number of hydrogen-bond donors (Lipinski definition) is 1. The van der Waals surface area contributed by atoms with Crippen LogP contribution in [0.5, 0.6) is 5.75 Å². The molecule has 1 N–H and O–H groups in total. The molecule has 1 unspecified atom stereocenters. The maximum absolute atomic E-state index is 11.8. The molecular weight excluding hydrogens is 288 g/mol. The number of ether oxygens (including phenoxy) is 1. The number of nitrogens with one attached hydrogen (secondary N) is 1. The van der Waals surface area contributed by atoms with Crippen molar-refractivity contribution in [2.45, 2.75) is 18.9 Å². The fraction of sp³-hybridized carbons (Fsp3) is 0.600. The Labute approximate surface area is 127 Å². The Balaban J connectivity index is 1.96. The highest BCUT2D eigenvalue weighted by atomic mass is 32.2. The molecule has 1 atom stereocenters. The van der Waals surface area contributed by atoms with Crippen molar-refractivity contribution in [2.75, 3.05) is 33.5 Å². The van der Waals surface area contributed by atoms with Gasteiger partial charge in [0.15, 0.2) is 0 Å². The molecule has 1 aromatic carbocycles. The molecule has 0 aromatic heterocycles. The summed E-state index contributed by atoms with van der Waals surface area (Å²) >= 11 is 0. The van der Waals surface area contributed by atoms with E-state index in [0.717, 1.165) is 5.75 Å². The highest BCUT2D eigenvalue weighted by Gasteiger charge is 2.32. The summed E-state index contributed by atoms with van der Waals surface area (Å²) in [5, 5.41) is 3.40. The molecule has 6 heteroatoms. The molecule has 0 radical (unpaired) electrons. The van der Waals surface area contributed by atoms with Crippen LogP contribution < -0.4 is 10.1 Å². The van der Waals surface area contributed by atoms with Crippen LogP contribution in [0.15, 0.2) is 24.3 Å². The number of rotatable bonds is 8. The van der Waals surface area contributed by atoms with E-state index in [9.17, 15) is 8.42 Å². The molecule has 1 fully saturated rings. The summed E-state index contributed by atoms with van der Waals surface area (Å²) in [4.78, 5) is 0. The van der Waals surface area contributed by atoms with Crippen LogP contribution >= 0.6 is 0 Å². The Morgan fingerprint density at radius 2 is 1.90 bits per heavy atom. The monoisotopic (exact) mass is 312 g/mol. The minimum atomic E-state index is -3.14. The molecule has 21 heavy (non-hydrogen) atoms. The first-order valence-electron chi connectivity index (χ1n) is 7.21. The summed E-state index contributed by atoms with van der Waals surface area (Å²) in [5.41, 5.74) is 1.19. The van der Waals surface area contributed by atoms with E-state index in [4.69, 9.17) is 4.74 Å². The van der Waals surface area contributed by atoms with Gasteiger partial charge in [0, 0.05) is 26.7 Å². The van der Waals surface area contributed by atoms with Crippen molar-refractivity contribution < 1.29 is 13.2 Å². The van der Waals surface area contributed by atoms with Gasteiger partial charge in [-0.15, -0.1) is 0 Å². The van der Waals surface area contributed by atoms with E-state index in [1.165, 1.54) is 22.7 Å². The molecule has 0 heterocycles. The predicted octanol–water partition coefficient (Wildman–Crippen LogP) is 1.63. The first-order chi connectivity index (χ1) is 9.94. The SMILES string of the molecule is COc1ccc(C(NCCS(=O)(=O)N(C)C)C2CC2)cc1. The Kier molecular flexibility index (Phi) is 5.24. The highest BCUT2D eigenvalue weighted by molar-refractivity contribution is 7.89. The lowest BCUT2D eigenvalue weighted by Gasteiger charge is -2.20. The second-order valence-corrected chi connectivity index (χ2v) is 7.94. The lowest BCUT2D eigenvalue weighted by Crippen LogP contribution is -2.33.